The lowest BCUT2D eigenvalue weighted by Gasteiger charge is -2.24. The summed E-state index contributed by atoms with van der Waals surface area (Å²) in [4.78, 5) is 2.58. The molecule has 0 saturated heterocycles. The van der Waals surface area contributed by atoms with E-state index in [-0.39, 0.29) is 12.6 Å². The summed E-state index contributed by atoms with van der Waals surface area (Å²) in [6.07, 6.45) is 5.07. The predicted molar refractivity (Wildman–Crippen MR) is 64.1 cm³/mol. The van der Waals surface area contributed by atoms with Gasteiger partial charge in [0.25, 0.3) is 0 Å². The van der Waals surface area contributed by atoms with Crippen LogP contribution >= 0.6 is 0 Å². The Morgan fingerprint density at radius 1 is 1.33 bits per heavy atom. The van der Waals surface area contributed by atoms with Crippen LogP contribution in [-0.2, 0) is 0 Å². The molecule has 3 heteroatoms. The predicted octanol–water partition coefficient (Wildman–Crippen LogP) is 1.22. The molecule has 0 heterocycles. The fourth-order valence-corrected chi connectivity index (χ4v) is 2.07. The number of hydrogen-bond acceptors (Lipinski definition) is 3. The van der Waals surface area contributed by atoms with Crippen molar-refractivity contribution >= 4 is 0 Å². The molecule has 1 fully saturated rings. The molecule has 0 aliphatic heterocycles. The number of likely N-dealkylation sites (N-methyl/N-ethyl adjacent to an activating group) is 1. The van der Waals surface area contributed by atoms with Crippen molar-refractivity contribution in [2.45, 2.75) is 51.6 Å². The second-order valence-corrected chi connectivity index (χ2v) is 4.49. The Morgan fingerprint density at radius 3 is 2.53 bits per heavy atom. The monoisotopic (exact) mass is 214 g/mol. The van der Waals surface area contributed by atoms with Gasteiger partial charge in [-0.25, -0.2) is 0 Å². The van der Waals surface area contributed by atoms with Crippen molar-refractivity contribution in [1.29, 1.82) is 0 Å². The highest BCUT2D eigenvalue weighted by atomic mass is 16.3. The van der Waals surface area contributed by atoms with Gasteiger partial charge in [0.15, 0.2) is 0 Å². The van der Waals surface area contributed by atoms with Gasteiger partial charge in [-0.15, -0.1) is 0 Å². The van der Waals surface area contributed by atoms with E-state index in [1.54, 1.807) is 0 Å². The molecule has 90 valence electrons. The van der Waals surface area contributed by atoms with E-state index in [1.165, 1.54) is 25.8 Å². The summed E-state index contributed by atoms with van der Waals surface area (Å²) in [5, 5.41) is 12.5. The maximum atomic E-state index is 9.17. The number of rotatable bonds is 9. The number of nitrogens with zero attached hydrogens (tertiary/aromatic N) is 1. The van der Waals surface area contributed by atoms with Crippen molar-refractivity contribution in [3.63, 3.8) is 0 Å². The number of aliphatic hydroxyl groups excluding tert-OH is 1. The number of nitrogens with one attached hydrogen (secondary N) is 1. The third kappa shape index (κ3) is 4.96. The highest BCUT2D eigenvalue weighted by Gasteiger charge is 2.28. The van der Waals surface area contributed by atoms with Gasteiger partial charge in [-0.1, -0.05) is 13.8 Å². The van der Waals surface area contributed by atoms with Crippen molar-refractivity contribution in [2.75, 3.05) is 26.2 Å². The average molecular weight is 214 g/mol. The first-order chi connectivity index (χ1) is 7.31. The van der Waals surface area contributed by atoms with E-state index >= 15 is 0 Å². The van der Waals surface area contributed by atoms with Gasteiger partial charge in [0.1, 0.15) is 0 Å². The molecule has 2 N–H and O–H groups in total. The van der Waals surface area contributed by atoms with E-state index < -0.39 is 0 Å². The highest BCUT2D eigenvalue weighted by molar-refractivity contribution is 4.85. The Balaban J connectivity index is 2.18. The van der Waals surface area contributed by atoms with Crippen molar-refractivity contribution < 1.29 is 5.11 Å². The zero-order valence-electron chi connectivity index (χ0n) is 10.2. The maximum absolute atomic E-state index is 9.17. The zero-order chi connectivity index (χ0) is 11.1. The Bertz CT molecular complexity index is 160. The molecule has 0 spiro atoms. The normalized spacial score (nSPS) is 18.4. The first kappa shape index (κ1) is 12.9. The molecule has 0 radical (unpaired) electrons. The van der Waals surface area contributed by atoms with Crippen LogP contribution in [0.5, 0.6) is 0 Å². The average Bonchev–Trinajstić information content (AvgIpc) is 3.06. The summed E-state index contributed by atoms with van der Waals surface area (Å²) in [6, 6.07) is 1.14. The van der Waals surface area contributed by atoms with Crippen molar-refractivity contribution in [3.05, 3.63) is 0 Å². The third-order valence-corrected chi connectivity index (χ3v) is 3.05. The van der Waals surface area contributed by atoms with Gasteiger partial charge >= 0.3 is 0 Å². The zero-order valence-corrected chi connectivity index (χ0v) is 10.2. The number of hydrogen-bond donors (Lipinski definition) is 2. The molecule has 1 atom stereocenters. The van der Waals surface area contributed by atoms with Crippen LogP contribution < -0.4 is 5.32 Å². The van der Waals surface area contributed by atoms with Gasteiger partial charge in [-0.05, 0) is 45.3 Å². The Labute approximate surface area is 93.9 Å². The van der Waals surface area contributed by atoms with Crippen LogP contribution in [0, 0.1) is 0 Å². The Morgan fingerprint density at radius 2 is 2.07 bits per heavy atom. The standard InChI is InChI=1S/C12H26N2O/c1-3-8-14(12-5-6-12)9-7-11(10-15)13-4-2/h11-13,15H,3-10H2,1-2H3. The largest absolute Gasteiger partial charge is 0.395 e. The van der Waals surface area contributed by atoms with Crippen LogP contribution in [-0.4, -0.2) is 48.3 Å². The lowest BCUT2D eigenvalue weighted by Crippen LogP contribution is -2.37. The summed E-state index contributed by atoms with van der Waals surface area (Å²) in [5.41, 5.74) is 0. The van der Waals surface area contributed by atoms with Gasteiger partial charge in [-0.2, -0.15) is 0 Å². The minimum atomic E-state index is 0.262. The summed E-state index contributed by atoms with van der Waals surface area (Å²) in [6.45, 7) is 7.89. The molecule has 1 rings (SSSR count). The minimum Gasteiger partial charge on any atom is -0.395 e. The van der Waals surface area contributed by atoms with Crippen molar-refractivity contribution in [3.8, 4) is 0 Å². The fourth-order valence-electron chi connectivity index (χ4n) is 2.07. The molecule has 1 aliphatic carbocycles. The first-order valence-corrected chi connectivity index (χ1v) is 6.40. The second kappa shape index (κ2) is 7.20. The topological polar surface area (TPSA) is 35.5 Å². The summed E-state index contributed by atoms with van der Waals surface area (Å²) in [7, 11) is 0. The second-order valence-electron chi connectivity index (χ2n) is 4.49. The molecule has 0 aromatic rings. The van der Waals surface area contributed by atoms with E-state index in [2.05, 4.69) is 24.1 Å². The van der Waals surface area contributed by atoms with Gasteiger partial charge in [0, 0.05) is 12.1 Å². The maximum Gasteiger partial charge on any atom is 0.0585 e. The van der Waals surface area contributed by atoms with Gasteiger partial charge in [0.2, 0.25) is 0 Å². The van der Waals surface area contributed by atoms with E-state index in [0.29, 0.717) is 0 Å². The van der Waals surface area contributed by atoms with Crippen LogP contribution in [0.15, 0.2) is 0 Å². The minimum absolute atomic E-state index is 0.262. The lowest BCUT2D eigenvalue weighted by atomic mass is 10.2. The molecule has 1 unspecified atom stereocenters. The van der Waals surface area contributed by atoms with Crippen LogP contribution in [0.4, 0.5) is 0 Å². The van der Waals surface area contributed by atoms with Crippen molar-refractivity contribution in [2.24, 2.45) is 0 Å². The number of aliphatic hydroxyl groups is 1. The Kier molecular flexibility index (Phi) is 6.22. The van der Waals surface area contributed by atoms with Gasteiger partial charge in [0.05, 0.1) is 6.61 Å². The molecule has 0 aromatic heterocycles. The molecular weight excluding hydrogens is 188 g/mol. The fraction of sp³-hybridized carbons (Fsp3) is 1.00. The molecule has 1 saturated carbocycles. The quantitative estimate of drug-likeness (QED) is 0.606. The van der Waals surface area contributed by atoms with Crippen LogP contribution in [0.1, 0.15) is 39.5 Å². The van der Waals surface area contributed by atoms with Gasteiger partial charge in [-0.3, -0.25) is 0 Å². The van der Waals surface area contributed by atoms with Crippen LogP contribution in [0.3, 0.4) is 0 Å². The smallest absolute Gasteiger partial charge is 0.0585 e. The SMILES string of the molecule is CCCN(CCC(CO)NCC)C1CC1. The molecule has 15 heavy (non-hydrogen) atoms. The summed E-state index contributed by atoms with van der Waals surface area (Å²) in [5.74, 6) is 0. The highest BCUT2D eigenvalue weighted by Crippen LogP contribution is 2.27. The van der Waals surface area contributed by atoms with Crippen LogP contribution in [0.25, 0.3) is 0 Å². The molecule has 0 amide bonds. The summed E-state index contributed by atoms with van der Waals surface area (Å²) < 4.78 is 0. The molecular formula is C12H26N2O. The van der Waals surface area contributed by atoms with E-state index in [1.807, 2.05) is 0 Å². The van der Waals surface area contributed by atoms with Gasteiger partial charge < -0.3 is 15.3 Å². The molecule has 3 nitrogen and oxygen atoms in total. The first-order valence-electron chi connectivity index (χ1n) is 6.40. The summed E-state index contributed by atoms with van der Waals surface area (Å²) >= 11 is 0. The third-order valence-electron chi connectivity index (χ3n) is 3.05. The van der Waals surface area contributed by atoms with E-state index in [4.69, 9.17) is 0 Å². The van der Waals surface area contributed by atoms with Crippen molar-refractivity contribution in [1.82, 2.24) is 10.2 Å². The molecule has 0 aromatic carbocycles. The molecule has 1 aliphatic rings. The molecule has 0 bridgehead atoms. The Hall–Kier alpha value is -0.120. The van der Waals surface area contributed by atoms with E-state index in [9.17, 15) is 5.11 Å². The van der Waals surface area contributed by atoms with Crippen LogP contribution in [0.2, 0.25) is 0 Å². The van der Waals surface area contributed by atoms with E-state index in [0.717, 1.165) is 25.6 Å². The lowest BCUT2D eigenvalue weighted by molar-refractivity contribution is 0.202.